The molecule has 0 aliphatic carbocycles. The summed E-state index contributed by atoms with van der Waals surface area (Å²) in [5.41, 5.74) is 4.31. The fraction of sp³-hybridized carbons (Fsp3) is 0. The monoisotopic (exact) mass is 304 g/mol. The van der Waals surface area contributed by atoms with Gasteiger partial charge in [0.15, 0.2) is 0 Å². The van der Waals surface area contributed by atoms with Gasteiger partial charge < -0.3 is 4.57 Å². The van der Waals surface area contributed by atoms with Crippen molar-refractivity contribution >= 4 is 22.5 Å². The van der Waals surface area contributed by atoms with Crippen LogP contribution >= 0.6 is 11.6 Å². The van der Waals surface area contributed by atoms with Crippen molar-refractivity contribution in [2.45, 2.75) is 0 Å². The molecule has 0 fully saturated rings. The molecule has 3 heteroatoms. The summed E-state index contributed by atoms with van der Waals surface area (Å²) in [6.07, 6.45) is 5.63. The average Bonchev–Trinajstić information content (AvgIpc) is 3.01. The molecule has 0 amide bonds. The Bertz CT molecular complexity index is 928. The molecule has 2 heterocycles. The number of pyridine rings is 1. The summed E-state index contributed by atoms with van der Waals surface area (Å²) < 4.78 is 2.07. The molecule has 0 aliphatic rings. The van der Waals surface area contributed by atoms with E-state index < -0.39 is 0 Å². The van der Waals surface area contributed by atoms with Crippen LogP contribution in [-0.2, 0) is 0 Å². The van der Waals surface area contributed by atoms with Crippen molar-refractivity contribution in [3.05, 3.63) is 84.3 Å². The van der Waals surface area contributed by atoms with Gasteiger partial charge in [-0.1, -0.05) is 41.9 Å². The molecule has 0 atom stereocenters. The van der Waals surface area contributed by atoms with Crippen LogP contribution in [0.15, 0.2) is 79.3 Å². The first kappa shape index (κ1) is 13.1. The van der Waals surface area contributed by atoms with Crippen molar-refractivity contribution in [1.82, 2.24) is 9.55 Å². The van der Waals surface area contributed by atoms with E-state index >= 15 is 0 Å². The Morgan fingerprint density at radius 2 is 1.73 bits per heavy atom. The van der Waals surface area contributed by atoms with Crippen molar-refractivity contribution in [3.8, 4) is 16.8 Å². The highest BCUT2D eigenvalue weighted by Crippen LogP contribution is 2.32. The number of halogens is 1. The normalized spacial score (nSPS) is 11.0. The SMILES string of the molecule is Clc1cc(-c2ccccc2)cc2ccn(-c3cccnc3)c12. The molecular formula is C19H13ClN2. The van der Waals surface area contributed by atoms with E-state index in [2.05, 4.69) is 33.8 Å². The standard InChI is InChI=1S/C19H13ClN2/c20-18-12-16(14-5-2-1-3-6-14)11-15-8-10-22(19(15)18)17-7-4-9-21-13-17/h1-13H. The lowest BCUT2D eigenvalue weighted by Crippen LogP contribution is -1.93. The minimum atomic E-state index is 0.741. The third-order valence-corrected chi connectivity index (χ3v) is 4.06. The minimum absolute atomic E-state index is 0.741. The smallest absolute Gasteiger partial charge is 0.0716 e. The van der Waals surface area contributed by atoms with Gasteiger partial charge in [-0.2, -0.15) is 0 Å². The lowest BCUT2D eigenvalue weighted by atomic mass is 10.0. The van der Waals surface area contributed by atoms with Crippen LogP contribution in [0.2, 0.25) is 5.02 Å². The Labute approximate surface area is 133 Å². The maximum absolute atomic E-state index is 6.57. The Hall–Kier alpha value is -2.58. The summed E-state index contributed by atoms with van der Waals surface area (Å²) in [5.74, 6) is 0. The van der Waals surface area contributed by atoms with Crippen molar-refractivity contribution in [2.75, 3.05) is 0 Å². The number of nitrogens with zero attached hydrogens (tertiary/aromatic N) is 2. The van der Waals surface area contributed by atoms with E-state index in [-0.39, 0.29) is 0 Å². The first-order valence-corrected chi connectivity index (χ1v) is 7.47. The van der Waals surface area contributed by atoms with Crippen molar-refractivity contribution in [1.29, 1.82) is 0 Å². The van der Waals surface area contributed by atoms with Crippen molar-refractivity contribution < 1.29 is 0 Å². The summed E-state index contributed by atoms with van der Waals surface area (Å²) in [6.45, 7) is 0. The highest BCUT2D eigenvalue weighted by Gasteiger charge is 2.10. The van der Waals surface area contributed by atoms with Gasteiger partial charge >= 0.3 is 0 Å². The highest BCUT2D eigenvalue weighted by molar-refractivity contribution is 6.35. The number of benzene rings is 2. The van der Waals surface area contributed by atoms with E-state index in [9.17, 15) is 0 Å². The van der Waals surface area contributed by atoms with E-state index in [0.717, 1.165) is 27.2 Å². The molecule has 0 spiro atoms. The van der Waals surface area contributed by atoms with Gasteiger partial charge in [-0.05, 0) is 41.5 Å². The number of hydrogen-bond acceptors (Lipinski definition) is 1. The molecular weight excluding hydrogens is 292 g/mol. The summed E-state index contributed by atoms with van der Waals surface area (Å²) in [6, 6.07) is 20.5. The molecule has 0 bridgehead atoms. The molecule has 0 unspecified atom stereocenters. The van der Waals surface area contributed by atoms with Crippen molar-refractivity contribution in [2.24, 2.45) is 0 Å². The van der Waals surface area contributed by atoms with E-state index in [1.807, 2.05) is 48.8 Å². The predicted octanol–water partition coefficient (Wildman–Crippen LogP) is 5.35. The first-order valence-electron chi connectivity index (χ1n) is 7.09. The zero-order chi connectivity index (χ0) is 14.9. The molecule has 0 N–H and O–H groups in total. The van der Waals surface area contributed by atoms with Gasteiger partial charge in [-0.25, -0.2) is 0 Å². The lowest BCUT2D eigenvalue weighted by molar-refractivity contribution is 1.10. The van der Waals surface area contributed by atoms with Crippen LogP contribution in [0, 0.1) is 0 Å². The third-order valence-electron chi connectivity index (χ3n) is 3.77. The quantitative estimate of drug-likeness (QED) is 0.488. The van der Waals surface area contributed by atoms with Gasteiger partial charge in [0, 0.05) is 17.8 Å². The average molecular weight is 305 g/mol. The molecule has 4 aromatic rings. The Kier molecular flexibility index (Phi) is 3.17. The number of rotatable bonds is 2. The summed E-state index contributed by atoms with van der Waals surface area (Å²) in [4.78, 5) is 4.18. The fourth-order valence-electron chi connectivity index (χ4n) is 2.74. The van der Waals surface area contributed by atoms with Gasteiger partial charge in [0.2, 0.25) is 0 Å². The molecule has 0 aliphatic heterocycles. The van der Waals surface area contributed by atoms with Crippen LogP contribution in [0.4, 0.5) is 0 Å². The van der Waals surface area contributed by atoms with Crippen LogP contribution in [-0.4, -0.2) is 9.55 Å². The van der Waals surface area contributed by atoms with E-state index in [1.54, 1.807) is 6.20 Å². The molecule has 0 radical (unpaired) electrons. The first-order chi connectivity index (χ1) is 10.8. The third kappa shape index (κ3) is 2.18. The van der Waals surface area contributed by atoms with Gasteiger partial charge in [-0.15, -0.1) is 0 Å². The maximum Gasteiger partial charge on any atom is 0.0716 e. The van der Waals surface area contributed by atoms with Crippen LogP contribution in [0.5, 0.6) is 0 Å². The van der Waals surface area contributed by atoms with Gasteiger partial charge in [-0.3, -0.25) is 4.98 Å². The minimum Gasteiger partial charge on any atom is -0.314 e. The van der Waals surface area contributed by atoms with Gasteiger partial charge in [0.1, 0.15) is 0 Å². The molecule has 106 valence electrons. The molecule has 22 heavy (non-hydrogen) atoms. The molecule has 4 rings (SSSR count). The lowest BCUT2D eigenvalue weighted by Gasteiger charge is -2.08. The molecule has 2 aromatic carbocycles. The van der Waals surface area contributed by atoms with Crippen molar-refractivity contribution in [3.63, 3.8) is 0 Å². The second kappa shape index (κ2) is 5.32. The van der Waals surface area contributed by atoms with Gasteiger partial charge in [0.25, 0.3) is 0 Å². The molecule has 2 nitrogen and oxygen atoms in total. The zero-order valence-corrected chi connectivity index (χ0v) is 12.5. The highest BCUT2D eigenvalue weighted by atomic mass is 35.5. The maximum atomic E-state index is 6.57. The second-order valence-electron chi connectivity index (χ2n) is 5.16. The van der Waals surface area contributed by atoms with Crippen LogP contribution in [0.25, 0.3) is 27.7 Å². The Balaban J connectivity index is 1.92. The number of aromatic nitrogens is 2. The Morgan fingerprint density at radius 3 is 2.50 bits per heavy atom. The largest absolute Gasteiger partial charge is 0.314 e. The fourth-order valence-corrected chi connectivity index (χ4v) is 3.06. The van der Waals surface area contributed by atoms with Crippen LogP contribution < -0.4 is 0 Å². The number of hydrogen-bond donors (Lipinski definition) is 0. The molecule has 0 saturated carbocycles. The molecule has 2 aromatic heterocycles. The van der Waals surface area contributed by atoms with E-state index in [4.69, 9.17) is 11.6 Å². The summed E-state index contributed by atoms with van der Waals surface area (Å²) in [7, 11) is 0. The molecule has 0 saturated heterocycles. The second-order valence-corrected chi connectivity index (χ2v) is 5.57. The Morgan fingerprint density at radius 1 is 0.864 bits per heavy atom. The summed E-state index contributed by atoms with van der Waals surface area (Å²) >= 11 is 6.57. The number of fused-ring (bicyclic) bond motifs is 1. The topological polar surface area (TPSA) is 17.8 Å². The summed E-state index contributed by atoms with van der Waals surface area (Å²) in [5, 5.41) is 1.86. The van der Waals surface area contributed by atoms with E-state index in [0.29, 0.717) is 0 Å². The van der Waals surface area contributed by atoms with Crippen LogP contribution in [0.3, 0.4) is 0 Å². The zero-order valence-electron chi connectivity index (χ0n) is 11.8. The van der Waals surface area contributed by atoms with Gasteiger partial charge in [0.05, 0.1) is 22.4 Å². The van der Waals surface area contributed by atoms with E-state index in [1.165, 1.54) is 5.56 Å². The predicted molar refractivity (Wildman–Crippen MR) is 91.5 cm³/mol. The van der Waals surface area contributed by atoms with Crippen LogP contribution in [0.1, 0.15) is 0 Å².